The van der Waals surface area contributed by atoms with Gasteiger partial charge in [0.2, 0.25) is 0 Å². The normalized spacial score (nSPS) is 18.5. The Hall–Kier alpha value is -0.960. The first-order valence-electron chi connectivity index (χ1n) is 7.34. The van der Waals surface area contributed by atoms with Gasteiger partial charge >= 0.3 is 0 Å². The average molecular weight is 267 g/mol. The second-order valence-electron chi connectivity index (χ2n) is 5.78. The van der Waals surface area contributed by atoms with Gasteiger partial charge in [-0.15, -0.1) is 0 Å². The fourth-order valence-corrected chi connectivity index (χ4v) is 3.01. The summed E-state index contributed by atoms with van der Waals surface area (Å²) in [6, 6.07) is 3.51. The van der Waals surface area contributed by atoms with Crippen LogP contribution in [0.15, 0.2) is 18.2 Å². The molecule has 2 rings (SSSR count). The van der Waals surface area contributed by atoms with Crippen LogP contribution in [0.5, 0.6) is 0 Å². The predicted octanol–water partition coefficient (Wildman–Crippen LogP) is 4.20. The molecule has 0 heterocycles. The molecule has 0 radical (unpaired) electrons. The molecule has 1 unspecified atom stereocenters. The molecule has 1 atom stereocenters. The Morgan fingerprint density at radius 3 is 2.63 bits per heavy atom. The van der Waals surface area contributed by atoms with Crippen molar-refractivity contribution in [3.05, 3.63) is 35.4 Å². The highest BCUT2D eigenvalue weighted by molar-refractivity contribution is 5.19. The topological polar surface area (TPSA) is 26.0 Å². The Balaban J connectivity index is 1.80. The zero-order valence-corrected chi connectivity index (χ0v) is 11.4. The van der Waals surface area contributed by atoms with Crippen LogP contribution in [0.1, 0.15) is 50.5 Å². The largest absolute Gasteiger partial charge is 0.327 e. The number of benzene rings is 1. The van der Waals surface area contributed by atoms with Crippen molar-refractivity contribution in [1.29, 1.82) is 0 Å². The van der Waals surface area contributed by atoms with Gasteiger partial charge < -0.3 is 5.73 Å². The van der Waals surface area contributed by atoms with Gasteiger partial charge in [0, 0.05) is 6.04 Å². The Labute approximate surface area is 114 Å². The fourth-order valence-electron chi connectivity index (χ4n) is 3.01. The standard InChI is InChI=1S/C16H23F2N/c17-14-7-9-16(18)13(10-14)11-15(19)8-6-12-4-2-1-3-5-12/h7,9-10,12,15H,1-6,8,11,19H2. The summed E-state index contributed by atoms with van der Waals surface area (Å²) in [6.07, 6.45) is 9.09. The molecular weight excluding hydrogens is 244 g/mol. The van der Waals surface area contributed by atoms with E-state index in [1.165, 1.54) is 44.2 Å². The van der Waals surface area contributed by atoms with Crippen molar-refractivity contribution < 1.29 is 8.78 Å². The summed E-state index contributed by atoms with van der Waals surface area (Å²) in [5.74, 6) is 0.0440. The van der Waals surface area contributed by atoms with Gasteiger partial charge in [-0.2, -0.15) is 0 Å². The van der Waals surface area contributed by atoms with Crippen molar-refractivity contribution in [2.24, 2.45) is 11.7 Å². The Kier molecular flexibility index (Phi) is 5.32. The van der Waals surface area contributed by atoms with E-state index < -0.39 is 5.82 Å². The first kappa shape index (κ1) is 14.4. The van der Waals surface area contributed by atoms with Crippen molar-refractivity contribution in [2.45, 2.75) is 57.4 Å². The molecule has 1 aliphatic carbocycles. The van der Waals surface area contributed by atoms with Crippen molar-refractivity contribution in [3.63, 3.8) is 0 Å². The van der Waals surface area contributed by atoms with E-state index in [1.54, 1.807) is 0 Å². The van der Waals surface area contributed by atoms with Gasteiger partial charge in [0.05, 0.1) is 0 Å². The van der Waals surface area contributed by atoms with Crippen LogP contribution in [0.2, 0.25) is 0 Å². The molecule has 0 spiro atoms. The van der Waals surface area contributed by atoms with Gasteiger partial charge in [-0.05, 0) is 48.9 Å². The molecule has 0 saturated heterocycles. The Morgan fingerprint density at radius 2 is 1.89 bits per heavy atom. The molecule has 0 bridgehead atoms. The van der Waals surface area contributed by atoms with E-state index in [0.717, 1.165) is 24.8 Å². The molecule has 3 heteroatoms. The summed E-state index contributed by atoms with van der Waals surface area (Å²) >= 11 is 0. The maximum absolute atomic E-state index is 13.5. The molecule has 1 aliphatic rings. The summed E-state index contributed by atoms with van der Waals surface area (Å²) in [5, 5.41) is 0. The molecule has 1 nitrogen and oxygen atoms in total. The van der Waals surface area contributed by atoms with Crippen LogP contribution >= 0.6 is 0 Å². The minimum absolute atomic E-state index is 0.0711. The van der Waals surface area contributed by atoms with Crippen LogP contribution in [0.25, 0.3) is 0 Å². The van der Waals surface area contributed by atoms with Crippen molar-refractivity contribution in [1.82, 2.24) is 0 Å². The smallest absolute Gasteiger partial charge is 0.126 e. The van der Waals surface area contributed by atoms with E-state index >= 15 is 0 Å². The third-order valence-electron chi connectivity index (χ3n) is 4.16. The monoisotopic (exact) mass is 267 g/mol. The number of hydrogen-bond acceptors (Lipinski definition) is 1. The number of halogens is 2. The second-order valence-corrected chi connectivity index (χ2v) is 5.78. The lowest BCUT2D eigenvalue weighted by Crippen LogP contribution is -2.24. The van der Waals surface area contributed by atoms with Gasteiger partial charge in [-0.25, -0.2) is 8.78 Å². The molecule has 19 heavy (non-hydrogen) atoms. The molecule has 1 aromatic rings. The van der Waals surface area contributed by atoms with Crippen molar-refractivity contribution in [3.8, 4) is 0 Å². The van der Waals surface area contributed by atoms with Gasteiger partial charge in [0.15, 0.2) is 0 Å². The van der Waals surface area contributed by atoms with Gasteiger partial charge in [-0.3, -0.25) is 0 Å². The van der Waals surface area contributed by atoms with Gasteiger partial charge in [-0.1, -0.05) is 32.1 Å². The van der Waals surface area contributed by atoms with E-state index in [-0.39, 0.29) is 11.9 Å². The van der Waals surface area contributed by atoms with E-state index in [0.29, 0.717) is 12.0 Å². The van der Waals surface area contributed by atoms with E-state index in [2.05, 4.69) is 0 Å². The van der Waals surface area contributed by atoms with Crippen LogP contribution in [0, 0.1) is 17.6 Å². The molecule has 106 valence electrons. The summed E-state index contributed by atoms with van der Waals surface area (Å²) < 4.78 is 26.6. The minimum Gasteiger partial charge on any atom is -0.327 e. The highest BCUT2D eigenvalue weighted by atomic mass is 19.1. The first-order chi connectivity index (χ1) is 9.15. The lowest BCUT2D eigenvalue weighted by Gasteiger charge is -2.23. The molecule has 2 N–H and O–H groups in total. The molecule has 1 saturated carbocycles. The molecule has 0 aliphatic heterocycles. The highest BCUT2D eigenvalue weighted by Gasteiger charge is 2.15. The lowest BCUT2D eigenvalue weighted by molar-refractivity contribution is 0.322. The van der Waals surface area contributed by atoms with Crippen molar-refractivity contribution >= 4 is 0 Å². The first-order valence-corrected chi connectivity index (χ1v) is 7.34. The average Bonchev–Trinajstić information content (AvgIpc) is 2.42. The van der Waals surface area contributed by atoms with Crippen LogP contribution in [-0.2, 0) is 6.42 Å². The molecule has 0 amide bonds. The van der Waals surface area contributed by atoms with Crippen LogP contribution in [0.4, 0.5) is 8.78 Å². The van der Waals surface area contributed by atoms with Crippen LogP contribution in [-0.4, -0.2) is 6.04 Å². The maximum Gasteiger partial charge on any atom is 0.126 e. The summed E-state index contributed by atoms with van der Waals surface area (Å²) in [6.45, 7) is 0. The zero-order chi connectivity index (χ0) is 13.7. The Bertz CT molecular complexity index is 400. The molecule has 1 fully saturated rings. The Morgan fingerprint density at radius 1 is 1.16 bits per heavy atom. The van der Waals surface area contributed by atoms with E-state index in [4.69, 9.17) is 5.73 Å². The fraction of sp³-hybridized carbons (Fsp3) is 0.625. The predicted molar refractivity (Wildman–Crippen MR) is 73.8 cm³/mol. The quantitative estimate of drug-likeness (QED) is 0.850. The third-order valence-corrected chi connectivity index (χ3v) is 4.16. The number of rotatable bonds is 5. The molecular formula is C16H23F2N. The summed E-state index contributed by atoms with van der Waals surface area (Å²) in [4.78, 5) is 0. The van der Waals surface area contributed by atoms with Gasteiger partial charge in [0.1, 0.15) is 11.6 Å². The van der Waals surface area contributed by atoms with Crippen molar-refractivity contribution in [2.75, 3.05) is 0 Å². The molecule has 0 aromatic heterocycles. The SMILES string of the molecule is NC(CCC1CCCCC1)Cc1cc(F)ccc1F. The van der Waals surface area contributed by atoms with Crippen LogP contribution < -0.4 is 5.73 Å². The third kappa shape index (κ3) is 4.57. The summed E-state index contributed by atoms with van der Waals surface area (Å²) in [7, 11) is 0. The minimum atomic E-state index is -0.393. The molecule has 1 aromatic carbocycles. The lowest BCUT2D eigenvalue weighted by atomic mass is 9.85. The van der Waals surface area contributed by atoms with E-state index in [1.807, 2.05) is 0 Å². The zero-order valence-electron chi connectivity index (χ0n) is 11.4. The number of hydrogen-bond donors (Lipinski definition) is 1. The van der Waals surface area contributed by atoms with Crippen LogP contribution in [0.3, 0.4) is 0 Å². The summed E-state index contributed by atoms with van der Waals surface area (Å²) in [5.41, 5.74) is 6.45. The second kappa shape index (κ2) is 6.99. The maximum atomic E-state index is 13.5. The highest BCUT2D eigenvalue weighted by Crippen LogP contribution is 2.28. The van der Waals surface area contributed by atoms with E-state index in [9.17, 15) is 8.78 Å². The van der Waals surface area contributed by atoms with Gasteiger partial charge in [0.25, 0.3) is 0 Å². The number of nitrogens with two attached hydrogens (primary N) is 1.